The van der Waals surface area contributed by atoms with Gasteiger partial charge in [-0.05, 0) is 54.8 Å². The number of benzene rings is 3. The minimum absolute atomic E-state index is 0.0150. The van der Waals surface area contributed by atoms with E-state index in [0.717, 1.165) is 18.4 Å². The minimum Gasteiger partial charge on any atom is -0.454 e. The number of imidazole rings is 1. The van der Waals surface area contributed by atoms with Crippen LogP contribution in [0.1, 0.15) is 40.6 Å². The van der Waals surface area contributed by atoms with E-state index in [9.17, 15) is 22.8 Å². The number of ether oxygens (including phenoxy) is 3. The number of sulfonamides is 1. The maximum absolute atomic E-state index is 14.4. The predicted molar refractivity (Wildman–Crippen MR) is 163 cm³/mol. The lowest BCUT2D eigenvalue weighted by molar-refractivity contribution is -0.142. The van der Waals surface area contributed by atoms with E-state index in [1.807, 2.05) is 18.2 Å². The zero-order valence-corrected chi connectivity index (χ0v) is 25.7. The van der Waals surface area contributed by atoms with Gasteiger partial charge in [0.15, 0.2) is 17.5 Å². The van der Waals surface area contributed by atoms with Crippen molar-refractivity contribution in [1.29, 1.82) is 0 Å². The van der Waals surface area contributed by atoms with E-state index in [1.165, 1.54) is 23.1 Å². The van der Waals surface area contributed by atoms with Crippen molar-refractivity contribution in [2.24, 2.45) is 7.05 Å². The number of hydrogen-bond donors (Lipinski definition) is 1. The molecule has 0 spiro atoms. The van der Waals surface area contributed by atoms with Gasteiger partial charge in [0.25, 0.3) is 21.8 Å². The molecule has 3 aliphatic heterocycles. The zero-order valence-electron chi connectivity index (χ0n) is 24.9. The molecule has 1 aromatic heterocycles. The van der Waals surface area contributed by atoms with Gasteiger partial charge in [-0.3, -0.25) is 14.4 Å². The summed E-state index contributed by atoms with van der Waals surface area (Å²) in [6.45, 7) is -0.0829. The van der Waals surface area contributed by atoms with E-state index in [-0.39, 0.29) is 42.3 Å². The van der Waals surface area contributed by atoms with E-state index in [0.29, 0.717) is 33.5 Å². The smallest absolute Gasteiger partial charge is 0.269 e. The molecule has 7 rings (SSSR count). The summed E-state index contributed by atoms with van der Waals surface area (Å²) in [6, 6.07) is 17.0. The van der Waals surface area contributed by atoms with Gasteiger partial charge in [-0.15, -0.1) is 0 Å². The van der Waals surface area contributed by atoms with E-state index < -0.39 is 40.3 Å². The van der Waals surface area contributed by atoms with Gasteiger partial charge in [-0.1, -0.05) is 30.3 Å². The number of amides is 3. The van der Waals surface area contributed by atoms with Crippen molar-refractivity contribution in [2.75, 3.05) is 26.5 Å². The van der Waals surface area contributed by atoms with E-state index in [1.54, 1.807) is 41.9 Å². The van der Waals surface area contributed by atoms with Gasteiger partial charge in [0.1, 0.15) is 17.3 Å². The number of fused-ring (bicyclic) bond motifs is 3. The van der Waals surface area contributed by atoms with E-state index in [2.05, 4.69) is 5.32 Å². The van der Waals surface area contributed by atoms with Crippen LogP contribution in [0.4, 0.5) is 0 Å². The monoisotopic (exact) mass is 645 g/mol. The Hall–Kier alpha value is -4.95. The highest BCUT2D eigenvalue weighted by Crippen LogP contribution is 2.35. The first-order valence-corrected chi connectivity index (χ1v) is 16.3. The first-order chi connectivity index (χ1) is 22.2. The van der Waals surface area contributed by atoms with Crippen molar-refractivity contribution < 1.29 is 37.0 Å². The third kappa shape index (κ3) is 5.22. The molecule has 3 amide bonds. The Kier molecular flexibility index (Phi) is 7.61. The highest BCUT2D eigenvalue weighted by molar-refractivity contribution is 7.90. The van der Waals surface area contributed by atoms with Gasteiger partial charge in [0.05, 0.1) is 22.7 Å². The molecule has 1 saturated heterocycles. The molecule has 3 aliphatic rings. The normalized spacial score (nSPS) is 18.5. The summed E-state index contributed by atoms with van der Waals surface area (Å²) < 4.78 is 45.8. The second-order valence-electron chi connectivity index (χ2n) is 11.3. The van der Waals surface area contributed by atoms with Crippen molar-refractivity contribution in [2.45, 2.75) is 36.4 Å². The summed E-state index contributed by atoms with van der Waals surface area (Å²) in [6.07, 6.45) is 1.49. The molecule has 4 heterocycles. The van der Waals surface area contributed by atoms with Crippen LogP contribution in [-0.2, 0) is 37.9 Å². The Balaban J connectivity index is 1.30. The molecule has 13 nitrogen and oxygen atoms in total. The van der Waals surface area contributed by atoms with E-state index in [4.69, 9.17) is 19.2 Å². The van der Waals surface area contributed by atoms with Gasteiger partial charge in [-0.2, -0.15) is 0 Å². The molecule has 0 radical (unpaired) electrons. The van der Waals surface area contributed by atoms with Gasteiger partial charge < -0.3 is 29.0 Å². The van der Waals surface area contributed by atoms with Crippen LogP contribution in [0.3, 0.4) is 0 Å². The Bertz CT molecular complexity index is 1970. The maximum atomic E-state index is 14.4. The van der Waals surface area contributed by atoms with Gasteiger partial charge in [0.2, 0.25) is 12.7 Å². The largest absolute Gasteiger partial charge is 0.454 e. The summed E-state index contributed by atoms with van der Waals surface area (Å²) in [4.78, 5) is 47.7. The molecular formula is C32H31N5O8S. The fourth-order valence-electron chi connectivity index (χ4n) is 6.08. The second-order valence-corrected chi connectivity index (χ2v) is 13.2. The van der Waals surface area contributed by atoms with Crippen molar-refractivity contribution in [3.05, 3.63) is 83.7 Å². The number of nitrogens with zero attached hydrogens (tertiary/aromatic N) is 4. The lowest BCUT2D eigenvalue weighted by Gasteiger charge is -2.32. The molecule has 1 fully saturated rings. The summed E-state index contributed by atoms with van der Waals surface area (Å²) >= 11 is 0. The number of aryl methyl sites for hydroxylation is 1. The molecular weight excluding hydrogens is 614 g/mol. The second kappa shape index (κ2) is 11.8. The summed E-state index contributed by atoms with van der Waals surface area (Å²) in [5.74, 6) is -0.837. The molecule has 4 aromatic rings. The topological polar surface area (TPSA) is 149 Å². The van der Waals surface area contributed by atoms with Crippen LogP contribution in [-0.4, -0.2) is 77.5 Å². The lowest BCUT2D eigenvalue weighted by atomic mass is 10.1. The molecule has 0 aliphatic carbocycles. The number of nitrogens with one attached hydrogen (secondary N) is 1. The van der Waals surface area contributed by atoms with Crippen molar-refractivity contribution in [3.8, 4) is 11.5 Å². The summed E-state index contributed by atoms with van der Waals surface area (Å²) in [5, 5.41) is 2.94. The molecule has 238 valence electrons. The van der Waals surface area contributed by atoms with Crippen LogP contribution in [0.2, 0.25) is 0 Å². The average molecular weight is 646 g/mol. The number of aromatic nitrogens is 2. The van der Waals surface area contributed by atoms with Crippen molar-refractivity contribution in [1.82, 2.24) is 24.1 Å². The van der Waals surface area contributed by atoms with Crippen LogP contribution in [0.25, 0.3) is 11.0 Å². The van der Waals surface area contributed by atoms with Crippen LogP contribution in [0, 0.1) is 0 Å². The van der Waals surface area contributed by atoms with Crippen LogP contribution >= 0.6 is 0 Å². The van der Waals surface area contributed by atoms with Crippen LogP contribution in [0.15, 0.2) is 71.6 Å². The molecule has 46 heavy (non-hydrogen) atoms. The number of carbonyl (C=O) groups excluding carboxylic acids is 3. The maximum Gasteiger partial charge on any atom is 0.269 e. The third-order valence-electron chi connectivity index (χ3n) is 8.46. The third-order valence-corrected chi connectivity index (χ3v) is 10.2. The van der Waals surface area contributed by atoms with Crippen LogP contribution in [0.5, 0.6) is 11.5 Å². The number of hydrogen-bond acceptors (Lipinski definition) is 9. The molecule has 0 bridgehead atoms. The Labute approximate surface area is 264 Å². The molecule has 1 N–H and O–H groups in total. The van der Waals surface area contributed by atoms with Gasteiger partial charge in [-0.25, -0.2) is 17.7 Å². The summed E-state index contributed by atoms with van der Waals surface area (Å²) in [5.41, 5.74) is 1.92. The standard InChI is InChI=1S/C32H31N5O8S/c1-35-24-10-4-3-9-23(24)34-30(35)29(31(39)33-16-21-7-6-14-43-21)36(17-20-12-13-25-26(15-20)45-19-44-25)28(38)18-37-32(40)22-8-2-5-11-27(22)46(37,41)42/h2-5,8-13,15,21,29H,6-7,14,16-19H2,1H3,(H,33,39)/t21-,29+/m0/s1. The summed E-state index contributed by atoms with van der Waals surface area (Å²) in [7, 11) is -2.55. The Morgan fingerprint density at radius 3 is 2.63 bits per heavy atom. The molecule has 14 heteroatoms. The van der Waals surface area contributed by atoms with Gasteiger partial charge in [0, 0.05) is 26.7 Å². The predicted octanol–water partition coefficient (Wildman–Crippen LogP) is 2.51. The first kappa shape index (κ1) is 29.7. The molecule has 0 saturated carbocycles. The minimum atomic E-state index is -4.30. The molecule has 3 aromatic carbocycles. The van der Waals surface area contributed by atoms with Crippen LogP contribution < -0.4 is 14.8 Å². The number of rotatable bonds is 9. The quantitative estimate of drug-likeness (QED) is 0.290. The highest BCUT2D eigenvalue weighted by Gasteiger charge is 2.44. The van der Waals surface area contributed by atoms with Crippen molar-refractivity contribution >= 4 is 38.8 Å². The average Bonchev–Trinajstić information content (AvgIpc) is 3.85. The lowest BCUT2D eigenvalue weighted by Crippen LogP contribution is -2.49. The zero-order chi connectivity index (χ0) is 32.0. The Morgan fingerprint density at radius 2 is 1.85 bits per heavy atom. The molecule has 2 atom stereocenters. The first-order valence-electron chi connectivity index (χ1n) is 14.9. The number of carbonyl (C=O) groups is 3. The molecule has 0 unspecified atom stereocenters. The number of para-hydroxylation sites is 2. The highest BCUT2D eigenvalue weighted by atomic mass is 32.2. The SMILES string of the molecule is Cn1c([C@H](C(=O)NC[C@@H]2CCCO2)N(Cc2ccc3c(c2)OCO3)C(=O)CN2C(=O)c3ccccc3S2(=O)=O)nc2ccccc21. The fourth-order valence-corrected chi connectivity index (χ4v) is 7.60. The van der Waals surface area contributed by atoms with Gasteiger partial charge >= 0.3 is 0 Å². The van der Waals surface area contributed by atoms with E-state index >= 15 is 0 Å². The van der Waals surface area contributed by atoms with Crippen molar-refractivity contribution in [3.63, 3.8) is 0 Å². The fraction of sp³-hybridized carbons (Fsp3) is 0.312. The Morgan fingerprint density at radius 1 is 1.07 bits per heavy atom.